The van der Waals surface area contributed by atoms with Crippen molar-refractivity contribution in [2.75, 3.05) is 11.9 Å². The summed E-state index contributed by atoms with van der Waals surface area (Å²) in [4.78, 5) is 31.5. The van der Waals surface area contributed by atoms with Gasteiger partial charge >= 0.3 is 0 Å². The molecule has 2 heterocycles. The number of anilines is 1. The van der Waals surface area contributed by atoms with Crippen LogP contribution in [0.5, 0.6) is 0 Å². The van der Waals surface area contributed by atoms with Gasteiger partial charge < -0.3 is 14.8 Å². The van der Waals surface area contributed by atoms with Gasteiger partial charge in [-0.3, -0.25) is 9.59 Å². The molecule has 148 valence electrons. The summed E-state index contributed by atoms with van der Waals surface area (Å²) in [6, 6.07) is 5.90. The normalized spacial score (nSPS) is 19.5. The van der Waals surface area contributed by atoms with Crippen molar-refractivity contribution in [1.82, 2.24) is 14.5 Å². The second-order valence-electron chi connectivity index (χ2n) is 8.03. The number of amides is 2. The quantitative estimate of drug-likeness (QED) is 0.832. The molecule has 1 saturated carbocycles. The molecule has 4 rings (SSSR count). The van der Waals surface area contributed by atoms with Crippen LogP contribution in [0.4, 0.5) is 5.69 Å². The lowest BCUT2D eigenvalue weighted by Crippen LogP contribution is -2.44. The highest BCUT2D eigenvalue weighted by Gasteiger charge is 2.30. The molecule has 1 aromatic heterocycles. The van der Waals surface area contributed by atoms with Crippen molar-refractivity contribution in [3.63, 3.8) is 0 Å². The van der Waals surface area contributed by atoms with E-state index in [1.165, 1.54) is 0 Å². The number of likely N-dealkylation sites (tertiary alicyclic amines) is 1. The Morgan fingerprint density at radius 2 is 2.07 bits per heavy atom. The molecule has 1 aliphatic heterocycles. The van der Waals surface area contributed by atoms with E-state index in [4.69, 9.17) is 0 Å². The van der Waals surface area contributed by atoms with Crippen LogP contribution in [0.2, 0.25) is 0 Å². The van der Waals surface area contributed by atoms with Crippen molar-refractivity contribution < 1.29 is 9.59 Å². The van der Waals surface area contributed by atoms with E-state index in [0.29, 0.717) is 5.56 Å². The highest BCUT2D eigenvalue weighted by Crippen LogP contribution is 2.31. The number of hydrogen-bond donors (Lipinski definition) is 1. The molecule has 1 atom stereocenters. The van der Waals surface area contributed by atoms with Crippen LogP contribution in [0, 0.1) is 12.8 Å². The Bertz CT molecular complexity index is 842. The third kappa shape index (κ3) is 4.26. The molecule has 1 aromatic carbocycles. The number of hydrogen-bond acceptors (Lipinski definition) is 3. The molecule has 0 bridgehead atoms. The van der Waals surface area contributed by atoms with Crippen LogP contribution in [0.15, 0.2) is 36.9 Å². The van der Waals surface area contributed by atoms with Crippen molar-refractivity contribution in [3.8, 4) is 0 Å². The molecule has 1 N–H and O–H groups in total. The molecular weight excluding hydrogens is 352 g/mol. The number of aryl methyl sites for hydroxylation is 2. The molecule has 2 amide bonds. The number of piperidine rings is 1. The van der Waals surface area contributed by atoms with E-state index in [1.807, 2.05) is 42.5 Å². The van der Waals surface area contributed by atoms with Crippen molar-refractivity contribution in [2.45, 2.75) is 58.0 Å². The number of benzene rings is 1. The predicted octanol–water partition coefficient (Wildman–Crippen LogP) is 3.63. The summed E-state index contributed by atoms with van der Waals surface area (Å²) in [7, 11) is 0. The third-order valence-corrected chi connectivity index (χ3v) is 5.86. The second kappa shape index (κ2) is 8.17. The number of carbonyl (C=O) groups excluding carboxylic acids is 2. The van der Waals surface area contributed by atoms with E-state index in [-0.39, 0.29) is 23.8 Å². The second-order valence-corrected chi connectivity index (χ2v) is 8.03. The van der Waals surface area contributed by atoms with Gasteiger partial charge in [-0.2, -0.15) is 0 Å². The van der Waals surface area contributed by atoms with Gasteiger partial charge in [-0.1, -0.05) is 6.07 Å². The molecule has 1 saturated heterocycles. The molecule has 6 nitrogen and oxygen atoms in total. The molecule has 2 fully saturated rings. The molecule has 1 aliphatic carbocycles. The van der Waals surface area contributed by atoms with Crippen LogP contribution < -0.4 is 5.32 Å². The first-order valence-electron chi connectivity index (χ1n) is 10.3. The van der Waals surface area contributed by atoms with Crippen molar-refractivity contribution in [3.05, 3.63) is 48.0 Å². The number of rotatable bonds is 6. The van der Waals surface area contributed by atoms with E-state index in [2.05, 4.69) is 14.9 Å². The van der Waals surface area contributed by atoms with Gasteiger partial charge in [-0.25, -0.2) is 4.98 Å². The van der Waals surface area contributed by atoms with E-state index in [0.717, 1.165) is 62.9 Å². The largest absolute Gasteiger partial charge is 0.337 e. The van der Waals surface area contributed by atoms with Crippen LogP contribution in [-0.2, 0) is 11.3 Å². The molecule has 2 aliphatic rings. The van der Waals surface area contributed by atoms with Crippen LogP contribution in [0.1, 0.15) is 54.4 Å². The van der Waals surface area contributed by atoms with Gasteiger partial charge in [-0.15, -0.1) is 0 Å². The van der Waals surface area contributed by atoms with E-state index < -0.39 is 0 Å². The van der Waals surface area contributed by atoms with Gasteiger partial charge in [0, 0.05) is 48.7 Å². The Kier molecular flexibility index (Phi) is 5.46. The van der Waals surface area contributed by atoms with Crippen LogP contribution >= 0.6 is 0 Å². The zero-order valence-corrected chi connectivity index (χ0v) is 16.4. The maximum absolute atomic E-state index is 13.3. The van der Waals surface area contributed by atoms with Crippen LogP contribution in [0.25, 0.3) is 0 Å². The minimum atomic E-state index is 0.0669. The molecule has 1 unspecified atom stereocenters. The van der Waals surface area contributed by atoms with E-state index in [1.54, 1.807) is 6.20 Å². The van der Waals surface area contributed by atoms with Gasteiger partial charge in [0.15, 0.2) is 0 Å². The Hall–Kier alpha value is -2.63. The zero-order chi connectivity index (χ0) is 19.5. The summed E-state index contributed by atoms with van der Waals surface area (Å²) in [5, 5.41) is 3.01. The summed E-state index contributed by atoms with van der Waals surface area (Å²) < 4.78 is 2.06. The van der Waals surface area contributed by atoms with Crippen molar-refractivity contribution >= 4 is 17.5 Å². The van der Waals surface area contributed by atoms with Gasteiger partial charge in [0.05, 0.1) is 6.33 Å². The average Bonchev–Trinajstić information content (AvgIpc) is 3.44. The first kappa shape index (κ1) is 18.7. The SMILES string of the molecule is Cc1ccc(C(=O)N2CCCCC2CCn2ccnc2)cc1NC(=O)C1CC1. The Labute approximate surface area is 165 Å². The first-order chi connectivity index (χ1) is 13.6. The number of carbonyl (C=O) groups is 2. The number of imidazole rings is 1. The fraction of sp³-hybridized carbons (Fsp3) is 0.500. The number of aromatic nitrogens is 2. The molecule has 2 aromatic rings. The van der Waals surface area contributed by atoms with E-state index in [9.17, 15) is 9.59 Å². The first-order valence-corrected chi connectivity index (χ1v) is 10.3. The van der Waals surface area contributed by atoms with Crippen LogP contribution in [-0.4, -0.2) is 38.9 Å². The lowest BCUT2D eigenvalue weighted by molar-refractivity contribution is -0.117. The smallest absolute Gasteiger partial charge is 0.254 e. The minimum absolute atomic E-state index is 0.0669. The van der Waals surface area contributed by atoms with Crippen molar-refractivity contribution in [1.29, 1.82) is 0 Å². The number of nitrogens with one attached hydrogen (secondary N) is 1. The fourth-order valence-electron chi connectivity index (χ4n) is 3.92. The predicted molar refractivity (Wildman–Crippen MR) is 108 cm³/mol. The van der Waals surface area contributed by atoms with E-state index >= 15 is 0 Å². The summed E-state index contributed by atoms with van der Waals surface area (Å²) in [6.45, 7) is 3.63. The molecule has 28 heavy (non-hydrogen) atoms. The summed E-state index contributed by atoms with van der Waals surface area (Å²) in [6.07, 6.45) is 11.7. The average molecular weight is 380 g/mol. The summed E-state index contributed by atoms with van der Waals surface area (Å²) >= 11 is 0. The Morgan fingerprint density at radius 1 is 1.21 bits per heavy atom. The standard InChI is InChI=1S/C22H28N4O2/c1-16-5-6-18(14-20(16)24-21(27)17-7-8-17)22(28)26-11-3-2-4-19(26)9-12-25-13-10-23-15-25/h5-6,10,13-15,17,19H,2-4,7-9,11-12H2,1H3,(H,24,27). The lowest BCUT2D eigenvalue weighted by Gasteiger charge is -2.36. The topological polar surface area (TPSA) is 67.2 Å². The molecular formula is C22H28N4O2. The fourth-order valence-corrected chi connectivity index (χ4v) is 3.92. The lowest BCUT2D eigenvalue weighted by atomic mass is 9.97. The molecule has 6 heteroatoms. The van der Waals surface area contributed by atoms with Crippen molar-refractivity contribution in [2.24, 2.45) is 5.92 Å². The summed E-state index contributed by atoms with van der Waals surface area (Å²) in [5.41, 5.74) is 2.40. The highest BCUT2D eigenvalue weighted by molar-refractivity contribution is 5.99. The van der Waals surface area contributed by atoms with Gasteiger partial charge in [0.25, 0.3) is 5.91 Å². The Morgan fingerprint density at radius 3 is 2.82 bits per heavy atom. The van der Waals surface area contributed by atoms with Gasteiger partial charge in [-0.05, 0) is 63.1 Å². The minimum Gasteiger partial charge on any atom is -0.337 e. The van der Waals surface area contributed by atoms with Gasteiger partial charge in [0.2, 0.25) is 5.91 Å². The molecule has 0 radical (unpaired) electrons. The molecule has 0 spiro atoms. The van der Waals surface area contributed by atoms with Gasteiger partial charge in [0.1, 0.15) is 0 Å². The monoisotopic (exact) mass is 380 g/mol. The van der Waals surface area contributed by atoms with Crippen LogP contribution in [0.3, 0.4) is 0 Å². The summed E-state index contributed by atoms with van der Waals surface area (Å²) in [5.74, 6) is 0.287. The highest BCUT2D eigenvalue weighted by atomic mass is 16.2. The third-order valence-electron chi connectivity index (χ3n) is 5.86. The zero-order valence-electron chi connectivity index (χ0n) is 16.4. The number of nitrogens with zero attached hydrogens (tertiary/aromatic N) is 3. The maximum atomic E-state index is 13.3. The maximum Gasteiger partial charge on any atom is 0.254 e. The Balaban J connectivity index is 1.47.